The Kier molecular flexibility index (Phi) is 5.57. The van der Waals surface area contributed by atoms with E-state index in [-0.39, 0.29) is 28.0 Å². The first kappa shape index (κ1) is 23.1. The third-order valence-electron chi connectivity index (χ3n) is 6.91. The van der Waals surface area contributed by atoms with Gasteiger partial charge in [-0.25, -0.2) is 9.67 Å². The molecule has 0 saturated heterocycles. The van der Waals surface area contributed by atoms with Crippen molar-refractivity contribution in [2.75, 3.05) is 0 Å². The minimum Gasteiger partial charge on any atom is -0.481 e. The van der Waals surface area contributed by atoms with E-state index in [0.717, 1.165) is 0 Å². The summed E-state index contributed by atoms with van der Waals surface area (Å²) in [5, 5.41) is 13.5. The van der Waals surface area contributed by atoms with Gasteiger partial charge in [0.25, 0.3) is 5.56 Å². The number of aliphatic carboxylic acids is 1. The number of aromatic amines is 2. The normalized spacial score (nSPS) is 17.4. The standard InChI is InChI=1S/C27H21ClN4O5/c28-21-11-17(37-16-4-2-1-3-5-16)8-9-18(21)24(33)19-12-29-25-22(19)23-20(13-30-25)26(34)32(31-23)15-7-6-14(10-15)27(35)36/h1-5,8-9,11-15,31H,6-7,10H2,(H,29,30)(H,35,36). The van der Waals surface area contributed by atoms with Gasteiger partial charge >= 0.3 is 5.97 Å². The van der Waals surface area contributed by atoms with Crippen LogP contribution in [-0.2, 0) is 4.79 Å². The Morgan fingerprint density at radius 2 is 1.89 bits per heavy atom. The van der Waals surface area contributed by atoms with Gasteiger partial charge in [-0.3, -0.25) is 19.5 Å². The number of ether oxygens (including phenoxy) is 1. The number of para-hydroxylation sites is 1. The lowest BCUT2D eigenvalue weighted by atomic mass is 10.0. The van der Waals surface area contributed by atoms with Crippen LogP contribution in [0.2, 0.25) is 5.02 Å². The number of benzene rings is 2. The summed E-state index contributed by atoms with van der Waals surface area (Å²) in [4.78, 5) is 45.5. The van der Waals surface area contributed by atoms with Gasteiger partial charge in [0.1, 0.15) is 17.1 Å². The van der Waals surface area contributed by atoms with E-state index in [1.54, 1.807) is 24.4 Å². The number of halogens is 1. The monoisotopic (exact) mass is 516 g/mol. The fraction of sp³-hybridized carbons (Fsp3) is 0.185. The molecule has 1 fully saturated rings. The molecule has 0 spiro atoms. The van der Waals surface area contributed by atoms with Crippen molar-refractivity contribution in [1.82, 2.24) is 19.7 Å². The molecule has 37 heavy (non-hydrogen) atoms. The van der Waals surface area contributed by atoms with Gasteiger partial charge in [-0.1, -0.05) is 29.8 Å². The second-order valence-corrected chi connectivity index (χ2v) is 9.55. The fourth-order valence-corrected chi connectivity index (χ4v) is 5.30. The number of fused-ring (bicyclic) bond motifs is 3. The van der Waals surface area contributed by atoms with Crippen molar-refractivity contribution in [3.63, 3.8) is 0 Å². The average molecular weight is 517 g/mol. The summed E-state index contributed by atoms with van der Waals surface area (Å²) < 4.78 is 7.28. The summed E-state index contributed by atoms with van der Waals surface area (Å²) in [5.74, 6) is -0.535. The molecule has 3 N–H and O–H groups in total. The summed E-state index contributed by atoms with van der Waals surface area (Å²) in [5.41, 5.74) is 1.22. The highest BCUT2D eigenvalue weighted by molar-refractivity contribution is 6.36. The Balaban J connectivity index is 1.38. The molecule has 0 radical (unpaired) electrons. The first-order valence-corrected chi connectivity index (χ1v) is 12.2. The van der Waals surface area contributed by atoms with Crippen molar-refractivity contribution in [1.29, 1.82) is 0 Å². The van der Waals surface area contributed by atoms with E-state index >= 15 is 0 Å². The Labute approximate surface area is 214 Å². The van der Waals surface area contributed by atoms with Gasteiger partial charge in [-0.15, -0.1) is 0 Å². The lowest BCUT2D eigenvalue weighted by molar-refractivity contribution is -0.141. The Morgan fingerprint density at radius 1 is 1.08 bits per heavy atom. The number of carbonyl (C=O) groups is 2. The molecule has 5 aromatic rings. The zero-order chi connectivity index (χ0) is 25.7. The molecule has 1 saturated carbocycles. The van der Waals surface area contributed by atoms with Crippen molar-refractivity contribution in [3.8, 4) is 11.5 Å². The maximum Gasteiger partial charge on any atom is 0.306 e. The van der Waals surface area contributed by atoms with Crippen molar-refractivity contribution >= 4 is 45.3 Å². The van der Waals surface area contributed by atoms with Crippen molar-refractivity contribution in [2.45, 2.75) is 25.3 Å². The summed E-state index contributed by atoms with van der Waals surface area (Å²) in [6, 6.07) is 13.8. The molecule has 0 amide bonds. The molecule has 6 rings (SSSR count). The number of carbonyl (C=O) groups excluding carboxylic acids is 1. The van der Waals surface area contributed by atoms with Crippen LogP contribution in [0, 0.1) is 5.92 Å². The topological polar surface area (TPSA) is 130 Å². The van der Waals surface area contributed by atoms with E-state index in [1.807, 2.05) is 30.3 Å². The van der Waals surface area contributed by atoms with Crippen LogP contribution in [-0.4, -0.2) is 36.6 Å². The predicted molar refractivity (Wildman–Crippen MR) is 138 cm³/mol. The highest BCUT2D eigenvalue weighted by atomic mass is 35.5. The first-order valence-electron chi connectivity index (χ1n) is 11.8. The molecule has 1 aliphatic carbocycles. The molecule has 2 atom stereocenters. The highest BCUT2D eigenvalue weighted by Gasteiger charge is 2.32. The second-order valence-electron chi connectivity index (χ2n) is 9.15. The molecular formula is C27H21ClN4O5. The lowest BCUT2D eigenvalue weighted by Gasteiger charge is -2.10. The van der Waals surface area contributed by atoms with Gasteiger partial charge in [-0.05, 0) is 43.5 Å². The summed E-state index contributed by atoms with van der Waals surface area (Å²) in [6.45, 7) is 0. The van der Waals surface area contributed by atoms with Crippen LogP contribution in [0.1, 0.15) is 41.2 Å². The van der Waals surface area contributed by atoms with E-state index in [1.165, 1.54) is 10.9 Å². The summed E-state index contributed by atoms with van der Waals surface area (Å²) >= 11 is 6.49. The minimum atomic E-state index is -0.855. The zero-order valence-corrected chi connectivity index (χ0v) is 20.2. The Hall–Kier alpha value is -4.37. The number of rotatable bonds is 6. The molecule has 2 unspecified atom stereocenters. The SMILES string of the molecule is O=C(c1ccc(Oc2ccccc2)cc1Cl)c1c[nH]c2ncc3c(=O)n(C4CCC(C(=O)O)C4)[nH]c3c12. The number of nitrogens with one attached hydrogen (secondary N) is 2. The number of aromatic nitrogens is 4. The van der Waals surface area contributed by atoms with Crippen molar-refractivity contribution in [2.24, 2.45) is 5.92 Å². The molecular weight excluding hydrogens is 496 g/mol. The molecule has 9 nitrogen and oxygen atoms in total. The quantitative estimate of drug-likeness (QED) is 0.262. The van der Waals surface area contributed by atoms with Gasteiger partial charge in [0.05, 0.1) is 38.8 Å². The highest BCUT2D eigenvalue weighted by Crippen LogP contribution is 2.35. The Bertz CT molecular complexity index is 1740. The number of carboxylic acids is 1. The predicted octanol–water partition coefficient (Wildman–Crippen LogP) is 5.31. The van der Waals surface area contributed by atoms with Gasteiger partial charge in [0.2, 0.25) is 0 Å². The van der Waals surface area contributed by atoms with E-state index < -0.39 is 11.9 Å². The molecule has 0 aliphatic heterocycles. The molecule has 1 aliphatic rings. The van der Waals surface area contributed by atoms with Gasteiger partial charge < -0.3 is 14.8 Å². The Morgan fingerprint density at radius 3 is 2.62 bits per heavy atom. The first-order chi connectivity index (χ1) is 17.9. The fourth-order valence-electron chi connectivity index (χ4n) is 5.04. The summed E-state index contributed by atoms with van der Waals surface area (Å²) in [7, 11) is 0. The minimum absolute atomic E-state index is 0.227. The van der Waals surface area contributed by atoms with Crippen LogP contribution in [0.5, 0.6) is 11.5 Å². The van der Waals surface area contributed by atoms with Crippen LogP contribution >= 0.6 is 11.6 Å². The van der Waals surface area contributed by atoms with Crippen LogP contribution in [0.25, 0.3) is 21.9 Å². The maximum absolute atomic E-state index is 13.6. The number of hydrogen-bond acceptors (Lipinski definition) is 5. The molecule has 10 heteroatoms. The largest absolute Gasteiger partial charge is 0.481 e. The molecule has 3 heterocycles. The molecule has 186 valence electrons. The van der Waals surface area contributed by atoms with E-state index in [4.69, 9.17) is 16.3 Å². The summed E-state index contributed by atoms with van der Waals surface area (Å²) in [6.07, 6.45) is 4.46. The lowest BCUT2D eigenvalue weighted by Crippen LogP contribution is -2.21. The van der Waals surface area contributed by atoms with E-state index in [0.29, 0.717) is 58.3 Å². The number of pyridine rings is 1. The third kappa shape index (κ3) is 3.97. The van der Waals surface area contributed by atoms with Gasteiger partial charge in [-0.2, -0.15) is 0 Å². The molecule has 0 bridgehead atoms. The third-order valence-corrected chi connectivity index (χ3v) is 7.22. The number of ketones is 1. The van der Waals surface area contributed by atoms with E-state index in [2.05, 4.69) is 15.1 Å². The van der Waals surface area contributed by atoms with Gasteiger partial charge in [0.15, 0.2) is 5.78 Å². The molecule has 3 aromatic heterocycles. The zero-order valence-electron chi connectivity index (χ0n) is 19.4. The van der Waals surface area contributed by atoms with Crippen LogP contribution < -0.4 is 10.3 Å². The van der Waals surface area contributed by atoms with Crippen LogP contribution in [0.3, 0.4) is 0 Å². The maximum atomic E-state index is 13.6. The smallest absolute Gasteiger partial charge is 0.306 e. The average Bonchev–Trinajstić information content (AvgIpc) is 3.61. The number of H-pyrrole nitrogens is 2. The van der Waals surface area contributed by atoms with Crippen molar-refractivity contribution in [3.05, 3.63) is 87.4 Å². The van der Waals surface area contributed by atoms with E-state index in [9.17, 15) is 19.5 Å². The number of hydrogen-bond donors (Lipinski definition) is 3. The van der Waals surface area contributed by atoms with Gasteiger partial charge in [0, 0.05) is 24.0 Å². The molecule has 2 aromatic carbocycles. The second kappa shape index (κ2) is 8.94. The van der Waals surface area contributed by atoms with Crippen LogP contribution in [0.15, 0.2) is 65.7 Å². The number of carboxylic acid groups (broad SMARTS) is 1. The number of nitrogens with zero attached hydrogens (tertiary/aromatic N) is 2. The van der Waals surface area contributed by atoms with Crippen molar-refractivity contribution < 1.29 is 19.4 Å². The van der Waals surface area contributed by atoms with Crippen LogP contribution in [0.4, 0.5) is 0 Å².